The van der Waals surface area contributed by atoms with Crippen molar-refractivity contribution in [2.45, 2.75) is 6.04 Å². The van der Waals surface area contributed by atoms with Gasteiger partial charge in [0.2, 0.25) is 0 Å². The van der Waals surface area contributed by atoms with Crippen molar-refractivity contribution in [2.75, 3.05) is 0 Å². The summed E-state index contributed by atoms with van der Waals surface area (Å²) in [6.07, 6.45) is 4.94. The molecule has 1 N–H and O–H groups in total. The summed E-state index contributed by atoms with van der Waals surface area (Å²) in [7, 11) is 0. The molecular formula is C17H14N2O2. The summed E-state index contributed by atoms with van der Waals surface area (Å²) < 4.78 is 5.14. The van der Waals surface area contributed by atoms with Crippen LogP contribution in [0.5, 0.6) is 0 Å². The normalized spacial score (nSPS) is 11.8. The molecule has 0 saturated carbocycles. The molecule has 4 nitrogen and oxygen atoms in total. The third kappa shape index (κ3) is 3.00. The maximum absolute atomic E-state index is 12.2. The highest BCUT2D eigenvalue weighted by atomic mass is 16.3. The SMILES string of the molecule is O=C(N[C@@H](c1ccccc1)c1cccnc1)c1ccco1. The van der Waals surface area contributed by atoms with E-state index in [1.807, 2.05) is 42.5 Å². The predicted molar refractivity (Wildman–Crippen MR) is 78.7 cm³/mol. The Morgan fingerprint density at radius 3 is 2.48 bits per heavy atom. The third-order valence-corrected chi connectivity index (χ3v) is 3.17. The molecule has 0 bridgehead atoms. The Hall–Kier alpha value is -2.88. The molecule has 104 valence electrons. The molecule has 0 spiro atoms. The predicted octanol–water partition coefficient (Wildman–Crippen LogP) is 3.19. The molecule has 3 aromatic rings. The number of benzene rings is 1. The first-order valence-corrected chi connectivity index (χ1v) is 6.64. The lowest BCUT2D eigenvalue weighted by molar-refractivity contribution is 0.0915. The second-order valence-electron chi connectivity index (χ2n) is 4.58. The Morgan fingerprint density at radius 2 is 1.81 bits per heavy atom. The molecule has 0 radical (unpaired) electrons. The van der Waals surface area contributed by atoms with Crippen molar-refractivity contribution in [2.24, 2.45) is 0 Å². The van der Waals surface area contributed by atoms with Gasteiger partial charge in [0.25, 0.3) is 5.91 Å². The number of nitrogens with one attached hydrogen (secondary N) is 1. The summed E-state index contributed by atoms with van der Waals surface area (Å²) in [4.78, 5) is 16.4. The van der Waals surface area contributed by atoms with E-state index in [9.17, 15) is 4.79 Å². The first-order valence-electron chi connectivity index (χ1n) is 6.64. The smallest absolute Gasteiger partial charge is 0.287 e. The van der Waals surface area contributed by atoms with Gasteiger partial charge in [-0.3, -0.25) is 9.78 Å². The number of nitrogens with zero attached hydrogens (tertiary/aromatic N) is 1. The molecule has 0 aliphatic rings. The minimum absolute atomic E-state index is 0.252. The number of carbonyl (C=O) groups excluding carboxylic acids is 1. The lowest BCUT2D eigenvalue weighted by atomic mass is 10.00. The zero-order valence-electron chi connectivity index (χ0n) is 11.3. The number of rotatable bonds is 4. The van der Waals surface area contributed by atoms with E-state index in [0.717, 1.165) is 11.1 Å². The maximum atomic E-state index is 12.2. The van der Waals surface area contributed by atoms with Gasteiger partial charge in [0.05, 0.1) is 12.3 Å². The average Bonchev–Trinajstić information content (AvgIpc) is 3.09. The number of aromatic nitrogens is 1. The molecule has 2 aromatic heterocycles. The number of hydrogen-bond acceptors (Lipinski definition) is 3. The van der Waals surface area contributed by atoms with E-state index < -0.39 is 0 Å². The molecule has 0 aliphatic heterocycles. The van der Waals surface area contributed by atoms with Crippen LogP contribution in [0.3, 0.4) is 0 Å². The summed E-state index contributed by atoms with van der Waals surface area (Å²) in [6, 6.07) is 16.6. The van der Waals surface area contributed by atoms with Gasteiger partial charge in [-0.2, -0.15) is 0 Å². The Morgan fingerprint density at radius 1 is 1.00 bits per heavy atom. The fourth-order valence-electron chi connectivity index (χ4n) is 2.16. The summed E-state index contributed by atoms with van der Waals surface area (Å²) in [5, 5.41) is 2.98. The molecule has 0 fully saturated rings. The highest BCUT2D eigenvalue weighted by Crippen LogP contribution is 2.21. The molecule has 4 heteroatoms. The van der Waals surface area contributed by atoms with E-state index in [2.05, 4.69) is 10.3 Å². The van der Waals surface area contributed by atoms with Crippen molar-refractivity contribution < 1.29 is 9.21 Å². The van der Waals surface area contributed by atoms with Crippen LogP contribution in [0, 0.1) is 0 Å². The number of pyridine rings is 1. The summed E-state index contributed by atoms with van der Waals surface area (Å²) in [5.41, 5.74) is 1.91. The number of amides is 1. The molecule has 0 saturated heterocycles. The summed E-state index contributed by atoms with van der Waals surface area (Å²) >= 11 is 0. The van der Waals surface area contributed by atoms with Crippen molar-refractivity contribution in [1.82, 2.24) is 10.3 Å². The van der Waals surface area contributed by atoms with Crippen LogP contribution in [0.2, 0.25) is 0 Å². The number of carbonyl (C=O) groups is 1. The number of hydrogen-bond donors (Lipinski definition) is 1. The van der Waals surface area contributed by atoms with Gasteiger partial charge in [-0.05, 0) is 29.3 Å². The van der Waals surface area contributed by atoms with Crippen LogP contribution >= 0.6 is 0 Å². The highest BCUT2D eigenvalue weighted by Gasteiger charge is 2.19. The van der Waals surface area contributed by atoms with Gasteiger partial charge in [0.15, 0.2) is 5.76 Å². The zero-order valence-corrected chi connectivity index (χ0v) is 11.3. The van der Waals surface area contributed by atoms with Gasteiger partial charge in [-0.15, -0.1) is 0 Å². The second kappa shape index (κ2) is 6.05. The van der Waals surface area contributed by atoms with Crippen LogP contribution in [-0.4, -0.2) is 10.9 Å². The monoisotopic (exact) mass is 278 g/mol. The van der Waals surface area contributed by atoms with Gasteiger partial charge in [-0.25, -0.2) is 0 Å². The topological polar surface area (TPSA) is 55.1 Å². The van der Waals surface area contributed by atoms with Crippen LogP contribution in [0.15, 0.2) is 77.7 Å². The molecule has 1 amide bonds. The third-order valence-electron chi connectivity index (χ3n) is 3.17. The molecule has 2 heterocycles. The lowest BCUT2D eigenvalue weighted by Crippen LogP contribution is -2.29. The van der Waals surface area contributed by atoms with Crippen LogP contribution in [-0.2, 0) is 0 Å². The zero-order chi connectivity index (χ0) is 14.5. The highest BCUT2D eigenvalue weighted by molar-refractivity contribution is 5.91. The molecule has 3 rings (SSSR count). The Labute approximate surface area is 122 Å². The molecule has 1 aromatic carbocycles. The van der Waals surface area contributed by atoms with E-state index in [1.54, 1.807) is 24.5 Å². The van der Waals surface area contributed by atoms with Crippen LogP contribution < -0.4 is 5.32 Å². The van der Waals surface area contributed by atoms with Gasteiger partial charge in [0, 0.05) is 12.4 Å². The summed E-state index contributed by atoms with van der Waals surface area (Å²) in [6.45, 7) is 0. The van der Waals surface area contributed by atoms with E-state index in [4.69, 9.17) is 4.42 Å². The van der Waals surface area contributed by atoms with Crippen molar-refractivity contribution in [3.05, 3.63) is 90.1 Å². The van der Waals surface area contributed by atoms with Crippen molar-refractivity contribution in [3.63, 3.8) is 0 Å². The minimum atomic E-state index is -0.266. The fourth-order valence-corrected chi connectivity index (χ4v) is 2.16. The van der Waals surface area contributed by atoms with E-state index in [1.165, 1.54) is 6.26 Å². The first-order chi connectivity index (χ1) is 10.3. The molecule has 0 unspecified atom stereocenters. The Bertz CT molecular complexity index is 655. The molecular weight excluding hydrogens is 264 g/mol. The Balaban J connectivity index is 1.92. The van der Waals surface area contributed by atoms with Gasteiger partial charge in [0.1, 0.15) is 0 Å². The van der Waals surface area contributed by atoms with E-state index in [0.29, 0.717) is 5.76 Å². The molecule has 0 aliphatic carbocycles. The van der Waals surface area contributed by atoms with Gasteiger partial charge in [-0.1, -0.05) is 36.4 Å². The van der Waals surface area contributed by atoms with Gasteiger partial charge >= 0.3 is 0 Å². The van der Waals surface area contributed by atoms with Crippen molar-refractivity contribution in [3.8, 4) is 0 Å². The number of furan rings is 1. The second-order valence-corrected chi connectivity index (χ2v) is 4.58. The first kappa shape index (κ1) is 13.1. The quantitative estimate of drug-likeness (QED) is 0.797. The average molecular weight is 278 g/mol. The summed E-state index contributed by atoms with van der Waals surface area (Å²) in [5.74, 6) is 0.0394. The fraction of sp³-hybridized carbons (Fsp3) is 0.0588. The van der Waals surface area contributed by atoms with E-state index >= 15 is 0 Å². The van der Waals surface area contributed by atoms with Crippen LogP contribution in [0.25, 0.3) is 0 Å². The lowest BCUT2D eigenvalue weighted by Gasteiger charge is -2.18. The van der Waals surface area contributed by atoms with Crippen molar-refractivity contribution in [1.29, 1.82) is 0 Å². The van der Waals surface area contributed by atoms with Crippen LogP contribution in [0.4, 0.5) is 0 Å². The largest absolute Gasteiger partial charge is 0.459 e. The maximum Gasteiger partial charge on any atom is 0.287 e. The molecule has 1 atom stereocenters. The van der Waals surface area contributed by atoms with Crippen molar-refractivity contribution >= 4 is 5.91 Å². The van der Waals surface area contributed by atoms with E-state index in [-0.39, 0.29) is 11.9 Å². The molecule has 21 heavy (non-hydrogen) atoms. The van der Waals surface area contributed by atoms with Crippen LogP contribution in [0.1, 0.15) is 27.7 Å². The standard InChI is InChI=1S/C17H14N2O2/c20-17(15-9-5-11-21-15)19-16(13-6-2-1-3-7-13)14-8-4-10-18-12-14/h1-12,16H,(H,19,20)/t16-/m0/s1. The van der Waals surface area contributed by atoms with Gasteiger partial charge < -0.3 is 9.73 Å². The Kier molecular flexibility index (Phi) is 3.78. The minimum Gasteiger partial charge on any atom is -0.459 e.